The van der Waals surface area contributed by atoms with E-state index in [1.165, 1.54) is 25.1 Å². The second-order valence-corrected chi connectivity index (χ2v) is 5.50. The van der Waals surface area contributed by atoms with Crippen LogP contribution in [0.5, 0.6) is 5.75 Å². The zero-order valence-electron chi connectivity index (χ0n) is 12.7. The highest BCUT2D eigenvalue weighted by Gasteiger charge is 2.63. The number of carbonyl (C=O) groups is 1. The SMILES string of the molecule is CCCC1=NN(C(=O)c2cccc(C)c2O)[C@@](O)(C(F)(F)F)C1. The summed E-state index contributed by atoms with van der Waals surface area (Å²) in [5.41, 5.74) is -3.31. The predicted octanol–water partition coefficient (Wildman–Crippen LogP) is 2.95. The van der Waals surface area contributed by atoms with Crippen LogP contribution in [0.4, 0.5) is 13.2 Å². The molecule has 1 atom stereocenters. The highest BCUT2D eigenvalue weighted by Crippen LogP contribution is 2.42. The van der Waals surface area contributed by atoms with Gasteiger partial charge in [0, 0.05) is 12.1 Å². The van der Waals surface area contributed by atoms with E-state index < -0.39 is 30.0 Å². The first-order valence-electron chi connectivity index (χ1n) is 7.10. The van der Waals surface area contributed by atoms with Gasteiger partial charge in [0.1, 0.15) is 5.75 Å². The van der Waals surface area contributed by atoms with E-state index in [0.29, 0.717) is 12.0 Å². The molecule has 1 amide bonds. The van der Waals surface area contributed by atoms with Crippen LogP contribution >= 0.6 is 0 Å². The van der Waals surface area contributed by atoms with E-state index >= 15 is 0 Å². The molecule has 1 aromatic rings. The van der Waals surface area contributed by atoms with Crippen LogP contribution in [0.1, 0.15) is 42.1 Å². The quantitative estimate of drug-likeness (QED) is 0.895. The van der Waals surface area contributed by atoms with Gasteiger partial charge in [-0.1, -0.05) is 25.5 Å². The minimum absolute atomic E-state index is 0.0342. The van der Waals surface area contributed by atoms with Crippen molar-refractivity contribution in [1.29, 1.82) is 0 Å². The number of aliphatic hydroxyl groups is 1. The Hall–Kier alpha value is -2.09. The molecule has 1 aromatic carbocycles. The summed E-state index contributed by atoms with van der Waals surface area (Å²) < 4.78 is 39.9. The van der Waals surface area contributed by atoms with Crippen LogP contribution in [-0.2, 0) is 0 Å². The molecule has 0 aliphatic carbocycles. The fraction of sp³-hybridized carbons (Fsp3) is 0.467. The van der Waals surface area contributed by atoms with Gasteiger partial charge < -0.3 is 10.2 Å². The van der Waals surface area contributed by atoms with Crippen LogP contribution < -0.4 is 0 Å². The lowest BCUT2D eigenvalue weighted by Crippen LogP contribution is -2.56. The maximum absolute atomic E-state index is 13.3. The van der Waals surface area contributed by atoms with Gasteiger partial charge in [-0.15, -0.1) is 0 Å². The number of hydrazone groups is 1. The van der Waals surface area contributed by atoms with E-state index in [1.807, 2.05) is 0 Å². The summed E-state index contributed by atoms with van der Waals surface area (Å²) in [6.07, 6.45) is -5.09. The average molecular weight is 330 g/mol. The van der Waals surface area contributed by atoms with Gasteiger partial charge in [-0.05, 0) is 25.0 Å². The minimum Gasteiger partial charge on any atom is -0.507 e. The standard InChI is InChI=1S/C15H17F3N2O3/c1-3-5-10-8-14(23,15(16,17)18)20(19-10)13(22)11-7-4-6-9(2)12(11)21/h4,6-7,21,23H,3,5,8H2,1-2H3/t14-/m0/s1. The van der Waals surface area contributed by atoms with Gasteiger partial charge in [0.2, 0.25) is 0 Å². The topological polar surface area (TPSA) is 73.1 Å². The van der Waals surface area contributed by atoms with Crippen LogP contribution in [0.3, 0.4) is 0 Å². The first-order chi connectivity index (χ1) is 10.6. The molecule has 0 saturated carbocycles. The van der Waals surface area contributed by atoms with Crippen molar-refractivity contribution < 1.29 is 28.2 Å². The fourth-order valence-electron chi connectivity index (χ4n) is 2.43. The molecule has 0 fully saturated rings. The zero-order valence-corrected chi connectivity index (χ0v) is 12.7. The lowest BCUT2D eigenvalue weighted by molar-refractivity contribution is -0.297. The second kappa shape index (κ2) is 5.84. The number of benzene rings is 1. The van der Waals surface area contributed by atoms with Crippen LogP contribution in [0.15, 0.2) is 23.3 Å². The molecule has 0 spiro atoms. The Kier molecular flexibility index (Phi) is 4.39. The van der Waals surface area contributed by atoms with Crippen molar-refractivity contribution in [2.24, 2.45) is 5.10 Å². The number of aryl methyl sites for hydroxylation is 1. The molecule has 5 nitrogen and oxygen atoms in total. The number of halogens is 3. The molecule has 0 unspecified atom stereocenters. The summed E-state index contributed by atoms with van der Waals surface area (Å²) in [4.78, 5) is 12.4. The summed E-state index contributed by atoms with van der Waals surface area (Å²) in [5, 5.41) is 23.7. The van der Waals surface area contributed by atoms with Crippen LogP contribution in [0.2, 0.25) is 0 Å². The molecule has 1 aliphatic rings. The van der Waals surface area contributed by atoms with E-state index in [0.717, 1.165) is 0 Å². The van der Waals surface area contributed by atoms with Crippen molar-refractivity contribution in [3.8, 4) is 5.75 Å². The summed E-state index contributed by atoms with van der Waals surface area (Å²) in [7, 11) is 0. The van der Waals surface area contributed by atoms with Crippen molar-refractivity contribution >= 4 is 11.6 Å². The normalized spacial score (nSPS) is 21.5. The minimum atomic E-state index is -5.07. The summed E-state index contributed by atoms with van der Waals surface area (Å²) in [6, 6.07) is 4.13. The number of carbonyl (C=O) groups excluding carboxylic acids is 1. The number of phenols is 1. The van der Waals surface area contributed by atoms with Crippen molar-refractivity contribution in [2.45, 2.75) is 45.0 Å². The third-order valence-electron chi connectivity index (χ3n) is 3.70. The van der Waals surface area contributed by atoms with Crippen LogP contribution in [0, 0.1) is 6.92 Å². The number of aromatic hydroxyl groups is 1. The Morgan fingerprint density at radius 2 is 2.09 bits per heavy atom. The first-order valence-corrected chi connectivity index (χ1v) is 7.10. The molecule has 23 heavy (non-hydrogen) atoms. The van der Waals surface area contributed by atoms with Gasteiger partial charge >= 0.3 is 6.18 Å². The third kappa shape index (κ3) is 2.90. The van der Waals surface area contributed by atoms with Gasteiger partial charge in [0.25, 0.3) is 11.6 Å². The van der Waals surface area contributed by atoms with Crippen molar-refractivity contribution in [3.05, 3.63) is 29.3 Å². The number of phenolic OH excluding ortho intramolecular Hbond substituents is 1. The Morgan fingerprint density at radius 3 is 2.65 bits per heavy atom. The van der Waals surface area contributed by atoms with E-state index in [1.54, 1.807) is 6.92 Å². The summed E-state index contributed by atoms with van der Waals surface area (Å²) in [6.45, 7) is 3.27. The smallest absolute Gasteiger partial charge is 0.438 e. The first kappa shape index (κ1) is 17.3. The number of rotatable bonds is 3. The maximum Gasteiger partial charge on any atom is 0.438 e. The van der Waals surface area contributed by atoms with Crippen molar-refractivity contribution in [3.63, 3.8) is 0 Å². The predicted molar refractivity (Wildman–Crippen MR) is 77.0 cm³/mol. The van der Waals surface area contributed by atoms with Gasteiger partial charge in [-0.25, -0.2) is 0 Å². The number of hydrogen-bond acceptors (Lipinski definition) is 4. The molecular formula is C15H17F3N2O3. The molecule has 8 heteroatoms. The monoisotopic (exact) mass is 330 g/mol. The lowest BCUT2D eigenvalue weighted by Gasteiger charge is -2.32. The van der Waals surface area contributed by atoms with Gasteiger partial charge in [0.15, 0.2) is 0 Å². The molecule has 0 aromatic heterocycles. The Balaban J connectivity index is 2.48. The number of para-hydroxylation sites is 1. The zero-order chi connectivity index (χ0) is 17.4. The Morgan fingerprint density at radius 1 is 1.43 bits per heavy atom. The molecule has 126 valence electrons. The number of amides is 1. The molecule has 0 saturated heterocycles. The van der Waals surface area contributed by atoms with Gasteiger partial charge in [0.05, 0.1) is 5.56 Å². The van der Waals surface area contributed by atoms with Crippen molar-refractivity contribution in [2.75, 3.05) is 0 Å². The highest BCUT2D eigenvalue weighted by molar-refractivity contribution is 6.00. The molecule has 0 radical (unpaired) electrons. The molecule has 1 heterocycles. The average Bonchev–Trinajstić information content (AvgIpc) is 2.79. The molecule has 1 aliphatic heterocycles. The number of hydrogen-bond donors (Lipinski definition) is 2. The van der Waals surface area contributed by atoms with Crippen LogP contribution in [0.25, 0.3) is 0 Å². The largest absolute Gasteiger partial charge is 0.507 e. The Labute approximate surface area is 131 Å². The van der Waals surface area contributed by atoms with E-state index in [-0.39, 0.29) is 22.7 Å². The molecule has 2 N–H and O–H groups in total. The maximum atomic E-state index is 13.3. The number of nitrogens with zero attached hydrogens (tertiary/aromatic N) is 2. The third-order valence-corrected chi connectivity index (χ3v) is 3.70. The fourth-order valence-corrected chi connectivity index (χ4v) is 2.43. The lowest BCUT2D eigenvalue weighted by atomic mass is 10.0. The molecular weight excluding hydrogens is 313 g/mol. The second-order valence-electron chi connectivity index (χ2n) is 5.50. The molecule has 2 rings (SSSR count). The summed E-state index contributed by atoms with van der Waals surface area (Å²) in [5.74, 6) is -1.63. The van der Waals surface area contributed by atoms with Gasteiger partial charge in [-0.2, -0.15) is 23.3 Å². The van der Waals surface area contributed by atoms with Crippen LogP contribution in [-0.4, -0.2) is 38.7 Å². The number of alkyl halides is 3. The van der Waals surface area contributed by atoms with E-state index in [9.17, 15) is 28.2 Å². The Bertz CT molecular complexity index is 658. The molecule has 0 bridgehead atoms. The summed E-state index contributed by atoms with van der Waals surface area (Å²) >= 11 is 0. The van der Waals surface area contributed by atoms with E-state index in [4.69, 9.17) is 0 Å². The van der Waals surface area contributed by atoms with Crippen molar-refractivity contribution in [1.82, 2.24) is 5.01 Å². The van der Waals surface area contributed by atoms with E-state index in [2.05, 4.69) is 5.10 Å². The van der Waals surface area contributed by atoms with Gasteiger partial charge in [-0.3, -0.25) is 4.79 Å². The highest BCUT2D eigenvalue weighted by atomic mass is 19.4.